The summed E-state index contributed by atoms with van der Waals surface area (Å²) in [4.78, 5) is 101. The van der Waals surface area contributed by atoms with E-state index in [0.29, 0.717) is 31.5 Å². The number of carbonyl (C=O) groups excluding carboxylic acids is 5. The fraction of sp³-hybridized carbons (Fsp3) is 0.364. The van der Waals surface area contributed by atoms with E-state index in [9.17, 15) is 49.0 Å². The van der Waals surface area contributed by atoms with Gasteiger partial charge in [0.15, 0.2) is 0 Å². The van der Waals surface area contributed by atoms with Crippen LogP contribution in [0.15, 0.2) is 85.2 Å². The van der Waals surface area contributed by atoms with Gasteiger partial charge in [-0.2, -0.15) is 0 Å². The number of rotatable bonds is 25. The van der Waals surface area contributed by atoms with Crippen LogP contribution >= 0.6 is 0 Å². The number of anilines is 2. The zero-order chi connectivity index (χ0) is 48.4. The fourth-order valence-electron chi connectivity index (χ4n) is 6.00. The van der Waals surface area contributed by atoms with Crippen molar-refractivity contribution < 1.29 is 48.5 Å². The second-order valence-corrected chi connectivity index (χ2v) is 14.6. The van der Waals surface area contributed by atoms with Gasteiger partial charge < -0.3 is 41.7 Å². The normalized spacial score (nSPS) is 11.3. The number of carboxylic acid groups (broad SMARTS) is 1. The number of benzene rings is 2. The summed E-state index contributed by atoms with van der Waals surface area (Å²) in [5, 5.41) is 47.5. The van der Waals surface area contributed by atoms with Crippen molar-refractivity contribution >= 4 is 58.6 Å². The molecule has 2 aromatic carbocycles. The Balaban J connectivity index is 0.000000351. The van der Waals surface area contributed by atoms with Crippen LogP contribution in [-0.2, 0) is 33.5 Å². The lowest BCUT2D eigenvalue weighted by atomic mass is 10.0. The molecule has 0 bridgehead atoms. The molecule has 66 heavy (non-hydrogen) atoms. The van der Waals surface area contributed by atoms with Crippen molar-refractivity contribution in [3.63, 3.8) is 0 Å². The minimum absolute atomic E-state index is 0.164. The average molecular weight is 915 g/mol. The van der Waals surface area contributed by atoms with Gasteiger partial charge in [0.1, 0.15) is 11.6 Å². The first-order valence-corrected chi connectivity index (χ1v) is 20.8. The Morgan fingerprint density at radius 1 is 0.652 bits per heavy atom. The number of aryl methyl sites for hydroxylation is 2. The number of nitrogens with one attached hydrogen (secondary N) is 6. The molecule has 0 fully saturated rings. The predicted octanol–water partition coefficient (Wildman–Crippen LogP) is 4.36. The molecule has 0 aliphatic carbocycles. The van der Waals surface area contributed by atoms with E-state index in [0.717, 1.165) is 22.8 Å². The average Bonchev–Trinajstić information content (AvgIpc) is 3.27. The van der Waals surface area contributed by atoms with Gasteiger partial charge >= 0.3 is 11.9 Å². The number of carbonyl (C=O) groups is 6. The van der Waals surface area contributed by atoms with Gasteiger partial charge in [-0.3, -0.25) is 49.0 Å². The minimum atomic E-state index is -1.18. The van der Waals surface area contributed by atoms with Crippen molar-refractivity contribution in [2.24, 2.45) is 0 Å². The Kier molecular flexibility index (Phi) is 22.1. The highest BCUT2D eigenvalue weighted by atomic mass is 16.6. The maximum atomic E-state index is 12.4. The van der Waals surface area contributed by atoms with Crippen LogP contribution in [0.3, 0.4) is 0 Å². The van der Waals surface area contributed by atoms with E-state index < -0.39 is 52.1 Å². The number of hydrogen-bond acceptors (Lipinski definition) is 15. The smallest absolute Gasteiger partial charge is 0.308 e. The zero-order valence-electron chi connectivity index (χ0n) is 36.7. The summed E-state index contributed by atoms with van der Waals surface area (Å²) in [6, 6.07) is 16.8. The van der Waals surface area contributed by atoms with Crippen molar-refractivity contribution in [1.29, 1.82) is 0 Å². The molecule has 2 atom stereocenters. The van der Waals surface area contributed by atoms with Crippen LogP contribution in [-0.4, -0.2) is 93.3 Å². The van der Waals surface area contributed by atoms with E-state index in [2.05, 4.69) is 41.9 Å². The van der Waals surface area contributed by atoms with Gasteiger partial charge in [-0.25, -0.2) is 9.97 Å². The number of nitro groups is 2. The number of nitrogens with zero attached hydrogens (tertiary/aromatic N) is 4. The standard InChI is InChI=1S/C23H29N5O6.C21H25N5O6/c1-3-34-23(31)14-19(17-6-4-7-18(13-17)28(32)33)27-22(30)15-26-21(29)8-5-10-24-20-12-16(2)9-11-25-20;1-14-7-9-23-18(10-14)22-8-3-6-19(27)24-13-20(28)25-17(12-21(29)30)15-4-2-5-16(11-15)26(31)32/h4,6-7,9,11-13,19H,3,5,8,10,14-15H2,1-2H3,(H,24,25)(H,26,29)(H,27,30);2,4-5,7,9-11,17H,3,6,8,12-13H2,1H3,(H,22,23)(H,24,27)(H,25,28)(H,29,30)/t19-;17-/m00/s1. The molecule has 0 radical (unpaired) electrons. The Morgan fingerprint density at radius 2 is 1.09 bits per heavy atom. The molecule has 4 amide bonds. The molecule has 0 spiro atoms. The van der Waals surface area contributed by atoms with E-state index in [1.54, 1.807) is 25.4 Å². The SMILES string of the molecule is CCOC(=O)C[C@H](NC(=O)CNC(=O)CCCNc1cc(C)ccn1)c1cccc([N+](=O)[O-])c1.Cc1ccnc(NCCCC(=O)NCC(=O)N[C@@H](CC(=O)O)c2cccc([N+](=O)[O-])c2)c1. The third kappa shape index (κ3) is 20.4. The number of amides is 4. The number of aromatic nitrogens is 2. The first-order chi connectivity index (χ1) is 31.5. The van der Waals surface area contributed by atoms with Gasteiger partial charge in [-0.15, -0.1) is 0 Å². The number of ether oxygens (including phenoxy) is 1. The highest BCUT2D eigenvalue weighted by Crippen LogP contribution is 2.23. The molecule has 0 aliphatic heterocycles. The van der Waals surface area contributed by atoms with Crippen molar-refractivity contribution in [2.45, 2.75) is 71.4 Å². The summed E-state index contributed by atoms with van der Waals surface area (Å²) in [5.74, 6) is -2.05. The lowest BCUT2D eigenvalue weighted by Gasteiger charge is -2.18. The van der Waals surface area contributed by atoms with Crippen LogP contribution in [0.2, 0.25) is 0 Å². The van der Waals surface area contributed by atoms with Crippen molar-refractivity contribution in [2.75, 3.05) is 43.4 Å². The van der Waals surface area contributed by atoms with Gasteiger partial charge in [0.05, 0.1) is 54.5 Å². The predicted molar refractivity (Wildman–Crippen MR) is 241 cm³/mol. The topological polar surface area (TPSA) is 316 Å². The van der Waals surface area contributed by atoms with Crippen LogP contribution in [0.5, 0.6) is 0 Å². The van der Waals surface area contributed by atoms with Crippen LogP contribution < -0.4 is 31.9 Å². The molecule has 0 saturated heterocycles. The molecular formula is C44H54N10O12. The summed E-state index contributed by atoms with van der Waals surface area (Å²) in [5.41, 5.74) is 2.44. The quantitative estimate of drug-likeness (QED) is 0.0210. The van der Waals surface area contributed by atoms with E-state index >= 15 is 0 Å². The van der Waals surface area contributed by atoms with Gasteiger partial charge in [0, 0.05) is 62.6 Å². The summed E-state index contributed by atoms with van der Waals surface area (Å²) >= 11 is 0. The van der Waals surface area contributed by atoms with Crippen LogP contribution in [0.25, 0.3) is 0 Å². The minimum Gasteiger partial charge on any atom is -0.481 e. The number of carboxylic acids is 1. The second kappa shape index (κ2) is 27.9. The number of nitro benzene ring substituents is 2. The molecule has 22 heteroatoms. The van der Waals surface area contributed by atoms with E-state index in [1.807, 2.05) is 38.1 Å². The third-order valence-corrected chi connectivity index (χ3v) is 9.19. The first kappa shape index (κ1) is 52.3. The number of esters is 1. The Labute approximate surface area is 380 Å². The first-order valence-electron chi connectivity index (χ1n) is 20.8. The highest BCUT2D eigenvalue weighted by Gasteiger charge is 2.23. The molecule has 4 rings (SSSR count). The van der Waals surface area contributed by atoms with E-state index in [-0.39, 0.29) is 67.7 Å². The largest absolute Gasteiger partial charge is 0.481 e. The molecule has 0 unspecified atom stereocenters. The number of pyridine rings is 2. The molecule has 2 heterocycles. The summed E-state index contributed by atoms with van der Waals surface area (Å²) < 4.78 is 4.94. The summed E-state index contributed by atoms with van der Waals surface area (Å²) in [6.07, 6.45) is 4.20. The van der Waals surface area contributed by atoms with Crippen LogP contribution in [0, 0.1) is 34.1 Å². The van der Waals surface area contributed by atoms with Gasteiger partial charge in [0.25, 0.3) is 11.4 Å². The molecule has 4 aromatic rings. The zero-order valence-corrected chi connectivity index (χ0v) is 36.7. The van der Waals surface area contributed by atoms with E-state index in [4.69, 9.17) is 9.84 Å². The molecule has 2 aromatic heterocycles. The lowest BCUT2D eigenvalue weighted by molar-refractivity contribution is -0.385. The van der Waals surface area contributed by atoms with Crippen molar-refractivity contribution in [3.8, 4) is 0 Å². The molecule has 7 N–H and O–H groups in total. The molecule has 352 valence electrons. The van der Waals surface area contributed by atoms with Crippen LogP contribution in [0.4, 0.5) is 23.0 Å². The molecule has 0 saturated carbocycles. The Hall–Kier alpha value is -8.04. The Bertz CT molecular complexity index is 2310. The summed E-state index contributed by atoms with van der Waals surface area (Å²) in [7, 11) is 0. The molecular weight excluding hydrogens is 861 g/mol. The molecule has 0 aliphatic rings. The van der Waals surface area contributed by atoms with Crippen molar-refractivity contribution in [1.82, 2.24) is 31.2 Å². The van der Waals surface area contributed by atoms with E-state index in [1.165, 1.54) is 42.5 Å². The Morgan fingerprint density at radius 3 is 1.48 bits per heavy atom. The molecule has 22 nitrogen and oxygen atoms in total. The van der Waals surface area contributed by atoms with Gasteiger partial charge in [0.2, 0.25) is 23.6 Å². The maximum Gasteiger partial charge on any atom is 0.308 e. The fourth-order valence-corrected chi connectivity index (χ4v) is 6.00. The highest BCUT2D eigenvalue weighted by molar-refractivity contribution is 5.86. The number of hydrogen-bond donors (Lipinski definition) is 7. The maximum absolute atomic E-state index is 12.4. The number of aliphatic carboxylic acids is 1. The summed E-state index contributed by atoms with van der Waals surface area (Å²) in [6.45, 7) is 6.18. The third-order valence-electron chi connectivity index (χ3n) is 9.19. The number of non-ortho nitro benzene ring substituents is 2. The monoisotopic (exact) mass is 914 g/mol. The van der Waals surface area contributed by atoms with Gasteiger partial charge in [-0.1, -0.05) is 24.3 Å². The lowest BCUT2D eigenvalue weighted by Crippen LogP contribution is -2.39. The second-order valence-electron chi connectivity index (χ2n) is 14.6. The van der Waals surface area contributed by atoms with Gasteiger partial charge in [-0.05, 0) is 80.1 Å². The van der Waals surface area contributed by atoms with Crippen molar-refractivity contribution in [3.05, 3.63) is 128 Å². The van der Waals surface area contributed by atoms with Crippen LogP contribution in [0.1, 0.15) is 79.8 Å².